The lowest BCUT2D eigenvalue weighted by atomic mass is 10.1. The molecule has 0 amide bonds. The highest BCUT2D eigenvalue weighted by Crippen LogP contribution is 2.20. The van der Waals surface area contributed by atoms with Crippen molar-refractivity contribution in [3.05, 3.63) is 65.9 Å². The predicted octanol–water partition coefficient (Wildman–Crippen LogP) is 4.69. The van der Waals surface area contributed by atoms with Crippen molar-refractivity contribution < 1.29 is 9.30 Å². The first kappa shape index (κ1) is 18.0. The first-order chi connectivity index (χ1) is 12.7. The number of fused-ring (bicyclic) bond motifs is 1. The summed E-state index contributed by atoms with van der Waals surface area (Å²) in [6.45, 7) is 6.44. The third-order valence-electron chi connectivity index (χ3n) is 4.89. The molecule has 0 spiro atoms. The SMILES string of the molecule is CCN(CC)c1ccc(/C=C/c2ccc3cc(OC)ccc3[n+]2C)cc1. The standard InChI is InChI=1S/C23H27N2O/c1-5-25(6-2)21-12-8-18(9-13-21)7-11-20-14-10-19-17-22(26-4)15-16-23(19)24(20)3/h7-17H,5-6H2,1-4H3/q+1. The maximum Gasteiger partial charge on any atom is 0.212 e. The van der Waals surface area contributed by atoms with E-state index in [-0.39, 0.29) is 0 Å². The summed E-state index contributed by atoms with van der Waals surface area (Å²) in [5, 5.41) is 1.17. The van der Waals surface area contributed by atoms with Crippen molar-refractivity contribution in [3.63, 3.8) is 0 Å². The van der Waals surface area contributed by atoms with E-state index in [0.29, 0.717) is 0 Å². The Balaban J connectivity index is 1.85. The second kappa shape index (κ2) is 8.05. The fraction of sp³-hybridized carbons (Fsp3) is 0.261. The van der Waals surface area contributed by atoms with Crippen molar-refractivity contribution in [1.82, 2.24) is 0 Å². The van der Waals surface area contributed by atoms with Crippen molar-refractivity contribution >= 4 is 28.7 Å². The molecule has 0 aliphatic rings. The molecule has 0 N–H and O–H groups in total. The molecule has 1 heterocycles. The van der Waals surface area contributed by atoms with Crippen LogP contribution in [0.2, 0.25) is 0 Å². The Morgan fingerprint density at radius 3 is 2.31 bits per heavy atom. The average molecular weight is 347 g/mol. The van der Waals surface area contributed by atoms with Gasteiger partial charge < -0.3 is 9.64 Å². The topological polar surface area (TPSA) is 16.4 Å². The molecule has 0 fully saturated rings. The Hall–Kier alpha value is -2.81. The molecule has 0 unspecified atom stereocenters. The van der Waals surface area contributed by atoms with Gasteiger partial charge in [-0.05, 0) is 55.8 Å². The molecular weight excluding hydrogens is 320 g/mol. The van der Waals surface area contributed by atoms with Crippen molar-refractivity contribution in [3.8, 4) is 5.75 Å². The third-order valence-corrected chi connectivity index (χ3v) is 4.89. The number of benzene rings is 2. The number of anilines is 1. The summed E-state index contributed by atoms with van der Waals surface area (Å²) in [7, 11) is 3.79. The van der Waals surface area contributed by atoms with Crippen molar-refractivity contribution in [2.75, 3.05) is 25.1 Å². The van der Waals surface area contributed by atoms with Crippen molar-refractivity contribution in [2.24, 2.45) is 7.05 Å². The van der Waals surface area contributed by atoms with E-state index in [0.717, 1.165) is 24.5 Å². The predicted molar refractivity (Wildman–Crippen MR) is 111 cm³/mol. The van der Waals surface area contributed by atoms with Crippen LogP contribution in [0.3, 0.4) is 0 Å². The van der Waals surface area contributed by atoms with Crippen LogP contribution >= 0.6 is 0 Å². The summed E-state index contributed by atoms with van der Waals surface area (Å²) in [5.41, 5.74) is 4.83. The molecule has 2 aromatic carbocycles. The molecule has 0 atom stereocenters. The smallest absolute Gasteiger partial charge is 0.212 e. The van der Waals surface area contributed by atoms with Gasteiger partial charge in [0, 0.05) is 37.0 Å². The van der Waals surface area contributed by atoms with E-state index < -0.39 is 0 Å². The molecule has 134 valence electrons. The minimum absolute atomic E-state index is 0.883. The summed E-state index contributed by atoms with van der Waals surface area (Å²) in [6.07, 6.45) is 4.33. The number of hydrogen-bond donors (Lipinski definition) is 0. The Kier molecular flexibility index (Phi) is 5.57. The monoisotopic (exact) mass is 347 g/mol. The normalized spacial score (nSPS) is 11.2. The van der Waals surface area contributed by atoms with Gasteiger partial charge in [0.25, 0.3) is 0 Å². The lowest BCUT2D eigenvalue weighted by molar-refractivity contribution is -0.646. The molecule has 0 aliphatic carbocycles. The first-order valence-electron chi connectivity index (χ1n) is 9.16. The van der Waals surface area contributed by atoms with Crippen LogP contribution in [0, 0.1) is 0 Å². The summed E-state index contributed by atoms with van der Waals surface area (Å²) < 4.78 is 7.52. The van der Waals surface area contributed by atoms with Gasteiger partial charge in [-0.25, -0.2) is 0 Å². The van der Waals surface area contributed by atoms with Gasteiger partial charge in [0.15, 0.2) is 0 Å². The Bertz CT molecular complexity index is 909. The van der Waals surface area contributed by atoms with E-state index in [1.807, 2.05) is 6.07 Å². The molecule has 1 aromatic heterocycles. The molecule has 3 nitrogen and oxygen atoms in total. The minimum atomic E-state index is 0.883. The number of ether oxygens (including phenoxy) is 1. The quantitative estimate of drug-likeness (QED) is 0.602. The number of rotatable bonds is 6. The Morgan fingerprint density at radius 1 is 0.923 bits per heavy atom. The van der Waals surface area contributed by atoms with E-state index in [2.05, 4.69) is 91.0 Å². The molecule has 3 aromatic rings. The number of nitrogens with zero attached hydrogens (tertiary/aromatic N) is 2. The minimum Gasteiger partial charge on any atom is -0.497 e. The van der Waals surface area contributed by atoms with Crippen LogP contribution in [0.1, 0.15) is 25.1 Å². The maximum atomic E-state index is 5.31. The molecule has 0 saturated carbocycles. The highest BCUT2D eigenvalue weighted by Gasteiger charge is 2.10. The number of methoxy groups -OCH3 is 1. The van der Waals surface area contributed by atoms with Gasteiger partial charge in [0.1, 0.15) is 12.8 Å². The highest BCUT2D eigenvalue weighted by molar-refractivity contribution is 5.79. The van der Waals surface area contributed by atoms with Crippen molar-refractivity contribution in [1.29, 1.82) is 0 Å². The van der Waals surface area contributed by atoms with Gasteiger partial charge in [-0.1, -0.05) is 12.1 Å². The molecule has 3 heteroatoms. The zero-order chi connectivity index (χ0) is 18.5. The lowest BCUT2D eigenvalue weighted by Gasteiger charge is -2.20. The van der Waals surface area contributed by atoms with Crippen LogP contribution < -0.4 is 14.2 Å². The summed E-state index contributed by atoms with van der Waals surface area (Å²) in [5.74, 6) is 0.883. The van der Waals surface area contributed by atoms with E-state index in [1.54, 1.807) is 7.11 Å². The second-order valence-corrected chi connectivity index (χ2v) is 6.34. The molecule has 0 radical (unpaired) electrons. The Morgan fingerprint density at radius 2 is 1.65 bits per heavy atom. The van der Waals surface area contributed by atoms with E-state index >= 15 is 0 Å². The van der Waals surface area contributed by atoms with Crippen LogP contribution in [0.5, 0.6) is 5.75 Å². The van der Waals surface area contributed by atoms with Gasteiger partial charge >= 0.3 is 0 Å². The number of hydrogen-bond acceptors (Lipinski definition) is 2. The largest absolute Gasteiger partial charge is 0.497 e. The molecule has 0 aliphatic heterocycles. The van der Waals surface area contributed by atoms with E-state index in [9.17, 15) is 0 Å². The number of aryl methyl sites for hydroxylation is 1. The first-order valence-corrected chi connectivity index (χ1v) is 9.16. The molecule has 0 bridgehead atoms. The Labute approximate surface area is 156 Å². The van der Waals surface area contributed by atoms with Crippen LogP contribution in [0.4, 0.5) is 5.69 Å². The number of aromatic nitrogens is 1. The molecule has 26 heavy (non-hydrogen) atoms. The zero-order valence-electron chi connectivity index (χ0n) is 16.1. The average Bonchev–Trinajstić information content (AvgIpc) is 2.69. The lowest BCUT2D eigenvalue weighted by Crippen LogP contribution is -2.32. The third kappa shape index (κ3) is 3.72. The van der Waals surface area contributed by atoms with Crippen molar-refractivity contribution in [2.45, 2.75) is 13.8 Å². The number of pyridine rings is 1. The highest BCUT2D eigenvalue weighted by atomic mass is 16.5. The molecule has 3 rings (SSSR count). The second-order valence-electron chi connectivity index (χ2n) is 6.34. The fourth-order valence-corrected chi connectivity index (χ4v) is 3.26. The van der Waals surface area contributed by atoms with E-state index in [1.165, 1.54) is 22.2 Å². The summed E-state index contributed by atoms with van der Waals surface area (Å²) in [6, 6.07) is 19.2. The van der Waals surface area contributed by atoms with Gasteiger partial charge in [0.2, 0.25) is 11.2 Å². The van der Waals surface area contributed by atoms with Crippen LogP contribution in [0.25, 0.3) is 23.1 Å². The van der Waals surface area contributed by atoms with Gasteiger partial charge in [-0.2, -0.15) is 4.57 Å². The van der Waals surface area contributed by atoms with Crippen LogP contribution in [-0.2, 0) is 7.05 Å². The van der Waals surface area contributed by atoms with Gasteiger partial charge in [0.05, 0.1) is 12.5 Å². The zero-order valence-corrected chi connectivity index (χ0v) is 16.1. The van der Waals surface area contributed by atoms with Crippen LogP contribution in [0.15, 0.2) is 54.6 Å². The van der Waals surface area contributed by atoms with Gasteiger partial charge in [-0.3, -0.25) is 0 Å². The van der Waals surface area contributed by atoms with E-state index in [4.69, 9.17) is 4.74 Å². The maximum absolute atomic E-state index is 5.31. The fourth-order valence-electron chi connectivity index (χ4n) is 3.26. The van der Waals surface area contributed by atoms with Crippen LogP contribution in [-0.4, -0.2) is 20.2 Å². The van der Waals surface area contributed by atoms with Gasteiger partial charge in [-0.15, -0.1) is 0 Å². The molecular formula is C23H27N2O+. The molecule has 0 saturated heterocycles. The summed E-state index contributed by atoms with van der Waals surface area (Å²) in [4.78, 5) is 2.35. The summed E-state index contributed by atoms with van der Waals surface area (Å²) >= 11 is 0.